The minimum atomic E-state index is -0.104. The summed E-state index contributed by atoms with van der Waals surface area (Å²) in [5.41, 5.74) is 2.14. The zero-order valence-electron chi connectivity index (χ0n) is 12.0. The maximum absolute atomic E-state index is 11.9. The number of pyridine rings is 1. The molecule has 0 saturated carbocycles. The van der Waals surface area contributed by atoms with Gasteiger partial charge in [-0.2, -0.15) is 0 Å². The molecule has 0 unspecified atom stereocenters. The molecule has 4 heteroatoms. The first-order valence-electron chi connectivity index (χ1n) is 6.53. The molecule has 1 aromatic heterocycles. The lowest BCUT2D eigenvalue weighted by atomic mass is 10.1. The number of aromatic nitrogens is 1. The average Bonchev–Trinajstić information content (AvgIpc) is 2.47. The molecule has 0 fully saturated rings. The molecule has 0 saturated heterocycles. The van der Waals surface area contributed by atoms with Crippen LogP contribution in [0.25, 0.3) is 11.3 Å². The number of benzene rings is 1. The van der Waals surface area contributed by atoms with Crippen molar-refractivity contribution in [3.63, 3.8) is 0 Å². The van der Waals surface area contributed by atoms with Gasteiger partial charge in [0, 0.05) is 19.7 Å². The standard InChI is InChI=1S/C16H18N2O2/c1-4-20-13-8-5-7-12(11-13)14-9-6-10-15(17-14)16(19)18(2)3/h5-11H,4H2,1-3H3. The Morgan fingerprint density at radius 1 is 1.20 bits per heavy atom. The van der Waals surface area contributed by atoms with Gasteiger partial charge in [0.1, 0.15) is 11.4 Å². The monoisotopic (exact) mass is 270 g/mol. The van der Waals surface area contributed by atoms with Crippen molar-refractivity contribution in [2.45, 2.75) is 6.92 Å². The summed E-state index contributed by atoms with van der Waals surface area (Å²) in [6.07, 6.45) is 0. The zero-order valence-corrected chi connectivity index (χ0v) is 12.0. The van der Waals surface area contributed by atoms with Crippen molar-refractivity contribution in [3.05, 3.63) is 48.2 Å². The second kappa shape index (κ2) is 6.19. The first-order chi connectivity index (χ1) is 9.61. The Bertz CT molecular complexity index is 609. The molecule has 0 bridgehead atoms. The van der Waals surface area contributed by atoms with E-state index in [-0.39, 0.29) is 5.91 Å². The third-order valence-electron chi connectivity index (χ3n) is 2.82. The van der Waals surface area contributed by atoms with E-state index in [4.69, 9.17) is 4.74 Å². The fraction of sp³-hybridized carbons (Fsp3) is 0.250. The first-order valence-corrected chi connectivity index (χ1v) is 6.53. The summed E-state index contributed by atoms with van der Waals surface area (Å²) >= 11 is 0. The lowest BCUT2D eigenvalue weighted by molar-refractivity contribution is 0.0822. The van der Waals surface area contributed by atoms with Crippen LogP contribution < -0.4 is 4.74 Å². The lowest BCUT2D eigenvalue weighted by Crippen LogP contribution is -2.22. The van der Waals surface area contributed by atoms with Crippen LogP contribution >= 0.6 is 0 Å². The summed E-state index contributed by atoms with van der Waals surface area (Å²) < 4.78 is 5.48. The van der Waals surface area contributed by atoms with E-state index < -0.39 is 0 Å². The van der Waals surface area contributed by atoms with E-state index in [0.29, 0.717) is 12.3 Å². The van der Waals surface area contributed by atoms with Crippen LogP contribution in [0.1, 0.15) is 17.4 Å². The summed E-state index contributed by atoms with van der Waals surface area (Å²) in [5, 5.41) is 0. The molecule has 0 atom stereocenters. The fourth-order valence-corrected chi connectivity index (χ4v) is 1.86. The van der Waals surface area contributed by atoms with Gasteiger partial charge in [-0.3, -0.25) is 4.79 Å². The number of rotatable bonds is 4. The molecule has 2 aromatic rings. The summed E-state index contributed by atoms with van der Waals surface area (Å²) in [4.78, 5) is 17.9. The number of nitrogens with zero attached hydrogens (tertiary/aromatic N) is 2. The number of hydrogen-bond donors (Lipinski definition) is 0. The van der Waals surface area contributed by atoms with Crippen molar-refractivity contribution in [2.75, 3.05) is 20.7 Å². The predicted octanol–water partition coefficient (Wildman–Crippen LogP) is 2.85. The largest absolute Gasteiger partial charge is 0.494 e. The van der Waals surface area contributed by atoms with E-state index in [0.717, 1.165) is 17.0 Å². The van der Waals surface area contributed by atoms with Crippen molar-refractivity contribution in [1.82, 2.24) is 9.88 Å². The van der Waals surface area contributed by atoms with E-state index in [2.05, 4.69) is 4.98 Å². The predicted molar refractivity (Wildman–Crippen MR) is 78.9 cm³/mol. The van der Waals surface area contributed by atoms with Crippen LogP contribution in [0.2, 0.25) is 0 Å². The molecule has 0 aliphatic rings. The number of carbonyl (C=O) groups is 1. The quantitative estimate of drug-likeness (QED) is 0.858. The highest BCUT2D eigenvalue weighted by Crippen LogP contribution is 2.22. The molecule has 0 N–H and O–H groups in total. The van der Waals surface area contributed by atoms with Crippen molar-refractivity contribution in [2.24, 2.45) is 0 Å². The van der Waals surface area contributed by atoms with Crippen LogP contribution in [0.4, 0.5) is 0 Å². The van der Waals surface area contributed by atoms with Crippen molar-refractivity contribution in [3.8, 4) is 17.0 Å². The van der Waals surface area contributed by atoms with Crippen LogP contribution in [-0.2, 0) is 0 Å². The highest BCUT2D eigenvalue weighted by atomic mass is 16.5. The maximum atomic E-state index is 11.9. The topological polar surface area (TPSA) is 42.4 Å². The Morgan fingerprint density at radius 3 is 2.65 bits per heavy atom. The smallest absolute Gasteiger partial charge is 0.271 e. The number of carbonyl (C=O) groups excluding carboxylic acids is 1. The van der Waals surface area contributed by atoms with Gasteiger partial charge in [0.2, 0.25) is 0 Å². The molecule has 0 spiro atoms. The molecule has 0 aliphatic heterocycles. The van der Waals surface area contributed by atoms with Crippen LogP contribution in [0.15, 0.2) is 42.5 Å². The van der Waals surface area contributed by atoms with Gasteiger partial charge in [-0.05, 0) is 31.2 Å². The third-order valence-corrected chi connectivity index (χ3v) is 2.82. The molecule has 1 heterocycles. The zero-order chi connectivity index (χ0) is 14.5. The van der Waals surface area contributed by atoms with E-state index in [1.165, 1.54) is 4.90 Å². The van der Waals surface area contributed by atoms with Crippen LogP contribution in [0.3, 0.4) is 0 Å². The van der Waals surface area contributed by atoms with Gasteiger partial charge < -0.3 is 9.64 Å². The highest BCUT2D eigenvalue weighted by molar-refractivity contribution is 5.92. The highest BCUT2D eigenvalue weighted by Gasteiger charge is 2.10. The first kappa shape index (κ1) is 14.1. The summed E-state index contributed by atoms with van der Waals surface area (Å²) in [6, 6.07) is 13.1. The third kappa shape index (κ3) is 3.15. The lowest BCUT2D eigenvalue weighted by Gasteiger charge is -2.11. The molecule has 1 amide bonds. The molecule has 2 rings (SSSR count). The Kier molecular flexibility index (Phi) is 4.35. The van der Waals surface area contributed by atoms with E-state index in [1.54, 1.807) is 20.2 Å². The normalized spacial score (nSPS) is 10.2. The number of amides is 1. The minimum Gasteiger partial charge on any atom is -0.494 e. The SMILES string of the molecule is CCOc1cccc(-c2cccc(C(=O)N(C)C)n2)c1. The van der Waals surface area contributed by atoms with Gasteiger partial charge in [0.25, 0.3) is 5.91 Å². The summed E-state index contributed by atoms with van der Waals surface area (Å²) in [6.45, 7) is 2.57. The molecular weight excluding hydrogens is 252 g/mol. The Balaban J connectivity index is 2.35. The molecule has 4 nitrogen and oxygen atoms in total. The van der Waals surface area contributed by atoms with Gasteiger partial charge in [0.15, 0.2) is 0 Å². The fourth-order valence-electron chi connectivity index (χ4n) is 1.86. The molecular formula is C16H18N2O2. The van der Waals surface area contributed by atoms with Gasteiger partial charge in [-0.1, -0.05) is 18.2 Å². The van der Waals surface area contributed by atoms with Gasteiger partial charge in [-0.25, -0.2) is 4.98 Å². The Hall–Kier alpha value is -2.36. The van der Waals surface area contributed by atoms with Crippen molar-refractivity contribution >= 4 is 5.91 Å². The van der Waals surface area contributed by atoms with E-state index in [9.17, 15) is 4.79 Å². The van der Waals surface area contributed by atoms with E-state index >= 15 is 0 Å². The number of ether oxygens (including phenoxy) is 1. The summed E-state index contributed by atoms with van der Waals surface area (Å²) in [5.74, 6) is 0.698. The minimum absolute atomic E-state index is 0.104. The van der Waals surface area contributed by atoms with Crippen molar-refractivity contribution < 1.29 is 9.53 Å². The van der Waals surface area contributed by atoms with E-state index in [1.807, 2.05) is 43.3 Å². The van der Waals surface area contributed by atoms with Crippen molar-refractivity contribution in [1.29, 1.82) is 0 Å². The molecule has 0 radical (unpaired) electrons. The second-order valence-corrected chi connectivity index (χ2v) is 4.57. The molecule has 104 valence electrons. The Morgan fingerprint density at radius 2 is 1.95 bits per heavy atom. The average molecular weight is 270 g/mol. The maximum Gasteiger partial charge on any atom is 0.271 e. The molecule has 20 heavy (non-hydrogen) atoms. The van der Waals surface area contributed by atoms with Gasteiger partial charge >= 0.3 is 0 Å². The summed E-state index contributed by atoms with van der Waals surface area (Å²) in [7, 11) is 3.43. The Labute approximate surface area is 119 Å². The second-order valence-electron chi connectivity index (χ2n) is 4.57. The van der Waals surface area contributed by atoms with Gasteiger partial charge in [0.05, 0.1) is 12.3 Å². The molecule has 0 aliphatic carbocycles. The van der Waals surface area contributed by atoms with Gasteiger partial charge in [-0.15, -0.1) is 0 Å². The van der Waals surface area contributed by atoms with Crippen LogP contribution in [0.5, 0.6) is 5.75 Å². The number of hydrogen-bond acceptors (Lipinski definition) is 3. The van der Waals surface area contributed by atoms with Crippen LogP contribution in [0, 0.1) is 0 Å². The molecule has 1 aromatic carbocycles. The van der Waals surface area contributed by atoms with Crippen LogP contribution in [-0.4, -0.2) is 36.5 Å².